The fourth-order valence-electron chi connectivity index (χ4n) is 1.43. The van der Waals surface area contributed by atoms with Crippen molar-refractivity contribution in [2.75, 3.05) is 6.26 Å². The molecule has 0 fully saturated rings. The van der Waals surface area contributed by atoms with Crippen molar-refractivity contribution in [3.05, 3.63) is 29.8 Å². The minimum Gasteiger partial charge on any atom is -0.481 e. The molecule has 0 aliphatic rings. The molecule has 0 aliphatic carbocycles. The van der Waals surface area contributed by atoms with E-state index in [4.69, 9.17) is 5.11 Å². The summed E-state index contributed by atoms with van der Waals surface area (Å²) in [4.78, 5) is 22.9. The van der Waals surface area contributed by atoms with Crippen LogP contribution in [-0.2, 0) is 16.1 Å². The number of aliphatic carboxylic acids is 1. The highest BCUT2D eigenvalue weighted by Crippen LogP contribution is 2.14. The number of carboxylic acids is 1. The van der Waals surface area contributed by atoms with Crippen molar-refractivity contribution in [3.8, 4) is 0 Å². The normalized spacial score (nSPS) is 10.1. The first-order valence-corrected chi connectivity index (χ1v) is 6.95. The Morgan fingerprint density at radius 3 is 2.44 bits per heavy atom. The van der Waals surface area contributed by atoms with Gasteiger partial charge in [0, 0.05) is 24.3 Å². The monoisotopic (exact) mass is 267 g/mol. The molecule has 18 heavy (non-hydrogen) atoms. The summed E-state index contributed by atoms with van der Waals surface area (Å²) < 4.78 is 0. The van der Waals surface area contributed by atoms with Crippen LogP contribution in [0.25, 0.3) is 0 Å². The maximum atomic E-state index is 11.4. The highest BCUT2D eigenvalue weighted by Gasteiger charge is 2.03. The molecule has 0 saturated carbocycles. The molecule has 4 nitrogen and oxygen atoms in total. The maximum absolute atomic E-state index is 11.4. The minimum atomic E-state index is -0.865. The van der Waals surface area contributed by atoms with Gasteiger partial charge in [-0.1, -0.05) is 12.1 Å². The van der Waals surface area contributed by atoms with Gasteiger partial charge in [-0.3, -0.25) is 9.59 Å². The first kappa shape index (κ1) is 14.6. The fraction of sp³-hybridized carbons (Fsp3) is 0.385. The van der Waals surface area contributed by atoms with Gasteiger partial charge in [-0.15, -0.1) is 11.8 Å². The van der Waals surface area contributed by atoms with E-state index in [1.54, 1.807) is 11.8 Å². The Balaban J connectivity index is 2.26. The summed E-state index contributed by atoms with van der Waals surface area (Å²) in [5.74, 6) is -0.972. The predicted molar refractivity (Wildman–Crippen MR) is 71.6 cm³/mol. The van der Waals surface area contributed by atoms with Crippen molar-refractivity contribution in [3.63, 3.8) is 0 Å². The Morgan fingerprint density at radius 2 is 1.89 bits per heavy atom. The van der Waals surface area contributed by atoms with Gasteiger partial charge in [0.2, 0.25) is 5.91 Å². The molecular weight excluding hydrogens is 250 g/mol. The Morgan fingerprint density at radius 1 is 1.22 bits per heavy atom. The lowest BCUT2D eigenvalue weighted by atomic mass is 10.2. The number of hydrogen-bond donors (Lipinski definition) is 2. The number of benzene rings is 1. The summed E-state index contributed by atoms with van der Waals surface area (Å²) in [6.07, 6.45) is 2.69. The van der Waals surface area contributed by atoms with Gasteiger partial charge in [-0.05, 0) is 30.4 Å². The zero-order valence-corrected chi connectivity index (χ0v) is 11.1. The van der Waals surface area contributed by atoms with Gasteiger partial charge in [0.05, 0.1) is 0 Å². The minimum absolute atomic E-state index is 0.0375. The number of amides is 1. The van der Waals surface area contributed by atoms with Crippen molar-refractivity contribution in [2.24, 2.45) is 0 Å². The summed E-state index contributed by atoms with van der Waals surface area (Å²) in [6.45, 7) is 0.487. The second-order valence-electron chi connectivity index (χ2n) is 3.87. The van der Waals surface area contributed by atoms with Gasteiger partial charge in [-0.2, -0.15) is 0 Å². The zero-order valence-electron chi connectivity index (χ0n) is 10.3. The van der Waals surface area contributed by atoms with Crippen molar-refractivity contribution in [2.45, 2.75) is 30.7 Å². The number of carboxylic acid groups (broad SMARTS) is 1. The van der Waals surface area contributed by atoms with Gasteiger partial charge in [-0.25, -0.2) is 0 Å². The van der Waals surface area contributed by atoms with E-state index < -0.39 is 5.97 Å². The van der Waals surface area contributed by atoms with Gasteiger partial charge in [0.15, 0.2) is 0 Å². The summed E-state index contributed by atoms with van der Waals surface area (Å²) in [6, 6.07) is 7.97. The van der Waals surface area contributed by atoms with Gasteiger partial charge < -0.3 is 10.4 Å². The Labute approximate surface area is 111 Å². The molecule has 0 saturated heterocycles. The number of nitrogens with one attached hydrogen (secondary N) is 1. The van der Waals surface area contributed by atoms with Crippen molar-refractivity contribution >= 4 is 23.6 Å². The molecule has 1 amide bonds. The molecule has 0 heterocycles. The van der Waals surface area contributed by atoms with Crippen molar-refractivity contribution in [1.82, 2.24) is 5.32 Å². The average Bonchev–Trinajstić information content (AvgIpc) is 2.36. The van der Waals surface area contributed by atoms with Crippen LogP contribution >= 0.6 is 11.8 Å². The van der Waals surface area contributed by atoms with E-state index in [-0.39, 0.29) is 18.7 Å². The molecule has 0 atom stereocenters. The number of carbonyl (C=O) groups is 2. The van der Waals surface area contributed by atoms with Crippen LogP contribution < -0.4 is 5.32 Å². The van der Waals surface area contributed by atoms with E-state index in [9.17, 15) is 9.59 Å². The third-order valence-electron chi connectivity index (χ3n) is 2.44. The summed E-state index contributed by atoms with van der Waals surface area (Å²) in [5.41, 5.74) is 1.04. The third-order valence-corrected chi connectivity index (χ3v) is 3.19. The lowest BCUT2D eigenvalue weighted by Gasteiger charge is -2.05. The smallest absolute Gasteiger partial charge is 0.303 e. The third kappa shape index (κ3) is 5.72. The van der Waals surface area contributed by atoms with E-state index >= 15 is 0 Å². The second-order valence-corrected chi connectivity index (χ2v) is 4.75. The van der Waals surface area contributed by atoms with Crippen LogP contribution in [0.15, 0.2) is 29.2 Å². The first-order valence-electron chi connectivity index (χ1n) is 5.73. The molecule has 0 unspecified atom stereocenters. The van der Waals surface area contributed by atoms with Crippen LogP contribution in [0.4, 0.5) is 0 Å². The molecule has 0 aliphatic heterocycles. The Hall–Kier alpha value is -1.49. The summed E-state index contributed by atoms with van der Waals surface area (Å²) in [7, 11) is 0. The van der Waals surface area contributed by atoms with Crippen LogP contribution in [0.5, 0.6) is 0 Å². The molecule has 5 heteroatoms. The molecule has 1 aromatic rings. The van der Waals surface area contributed by atoms with Crippen LogP contribution in [-0.4, -0.2) is 23.2 Å². The van der Waals surface area contributed by atoms with Crippen molar-refractivity contribution in [1.29, 1.82) is 0 Å². The van der Waals surface area contributed by atoms with E-state index in [0.717, 1.165) is 5.56 Å². The highest BCUT2D eigenvalue weighted by molar-refractivity contribution is 7.98. The predicted octanol–water partition coefficient (Wildman–Crippen LogP) is 2.28. The molecule has 0 bridgehead atoms. The number of hydrogen-bond acceptors (Lipinski definition) is 3. The SMILES string of the molecule is CSc1ccc(CNC(=O)CCCC(=O)O)cc1. The Bertz CT molecular complexity index is 403. The van der Waals surface area contributed by atoms with E-state index in [2.05, 4.69) is 5.32 Å². The van der Waals surface area contributed by atoms with E-state index in [1.807, 2.05) is 30.5 Å². The lowest BCUT2D eigenvalue weighted by Crippen LogP contribution is -2.22. The Kier molecular flexibility index (Phi) is 6.28. The first-order chi connectivity index (χ1) is 8.61. The van der Waals surface area contributed by atoms with Crippen LogP contribution in [0.3, 0.4) is 0 Å². The molecule has 2 N–H and O–H groups in total. The molecule has 98 valence electrons. The summed E-state index contributed by atoms with van der Waals surface area (Å²) in [5, 5.41) is 11.2. The fourth-order valence-corrected chi connectivity index (χ4v) is 1.84. The maximum Gasteiger partial charge on any atom is 0.303 e. The zero-order chi connectivity index (χ0) is 13.4. The summed E-state index contributed by atoms with van der Waals surface area (Å²) >= 11 is 1.67. The number of rotatable bonds is 7. The molecule has 0 aromatic heterocycles. The van der Waals surface area contributed by atoms with Crippen LogP contribution in [0.2, 0.25) is 0 Å². The van der Waals surface area contributed by atoms with Gasteiger partial charge in [0.1, 0.15) is 0 Å². The second kappa shape index (κ2) is 7.76. The van der Waals surface area contributed by atoms with Gasteiger partial charge in [0.25, 0.3) is 0 Å². The molecule has 1 aromatic carbocycles. The quantitative estimate of drug-likeness (QED) is 0.744. The lowest BCUT2D eigenvalue weighted by molar-refractivity contribution is -0.137. The van der Waals surface area contributed by atoms with Crippen LogP contribution in [0.1, 0.15) is 24.8 Å². The molecule has 0 spiro atoms. The average molecular weight is 267 g/mol. The standard InChI is InChI=1S/C13H17NO3S/c1-18-11-7-5-10(6-8-11)9-14-12(15)3-2-4-13(16)17/h5-8H,2-4,9H2,1H3,(H,14,15)(H,16,17). The van der Waals surface area contributed by atoms with Crippen LogP contribution in [0, 0.1) is 0 Å². The van der Waals surface area contributed by atoms with E-state index in [0.29, 0.717) is 13.0 Å². The van der Waals surface area contributed by atoms with Gasteiger partial charge >= 0.3 is 5.97 Å². The van der Waals surface area contributed by atoms with E-state index in [1.165, 1.54) is 4.90 Å². The molecule has 1 rings (SSSR count). The van der Waals surface area contributed by atoms with Crippen molar-refractivity contribution < 1.29 is 14.7 Å². The highest BCUT2D eigenvalue weighted by atomic mass is 32.2. The topological polar surface area (TPSA) is 66.4 Å². The largest absolute Gasteiger partial charge is 0.481 e. The number of thioether (sulfide) groups is 1. The molecule has 0 radical (unpaired) electrons. The number of carbonyl (C=O) groups excluding carboxylic acids is 1. The molecular formula is C13H17NO3S.